The Morgan fingerprint density at radius 1 is 1.19 bits per heavy atom. The van der Waals surface area contributed by atoms with Gasteiger partial charge in [-0.3, -0.25) is 15.1 Å². The summed E-state index contributed by atoms with van der Waals surface area (Å²) < 4.78 is 5.04. The Labute approximate surface area is 120 Å². The number of nitro benzene ring substituents is 1. The molecule has 0 saturated carbocycles. The SMILES string of the molecule is O=C(C=Cc1ccncc1)OCc1ccc([N+](=O)[O-])cc1. The molecule has 0 fully saturated rings. The molecule has 2 rings (SSSR count). The van der Waals surface area contributed by atoms with Gasteiger partial charge in [0.05, 0.1) is 4.92 Å². The van der Waals surface area contributed by atoms with Gasteiger partial charge in [0.15, 0.2) is 0 Å². The highest BCUT2D eigenvalue weighted by atomic mass is 16.6. The lowest BCUT2D eigenvalue weighted by atomic mass is 10.2. The highest BCUT2D eigenvalue weighted by Crippen LogP contribution is 2.12. The van der Waals surface area contributed by atoms with E-state index in [1.807, 2.05) is 0 Å². The minimum atomic E-state index is -0.481. The first-order valence-electron chi connectivity index (χ1n) is 6.13. The van der Waals surface area contributed by atoms with Gasteiger partial charge in [-0.1, -0.05) is 0 Å². The summed E-state index contributed by atoms with van der Waals surface area (Å²) in [5, 5.41) is 10.5. The minimum absolute atomic E-state index is 0.00246. The summed E-state index contributed by atoms with van der Waals surface area (Å²) >= 11 is 0. The van der Waals surface area contributed by atoms with E-state index >= 15 is 0 Å². The molecule has 0 radical (unpaired) electrons. The molecular weight excluding hydrogens is 272 g/mol. The second-order valence-corrected chi connectivity index (χ2v) is 4.15. The van der Waals surface area contributed by atoms with E-state index in [0.717, 1.165) is 5.56 Å². The summed E-state index contributed by atoms with van der Waals surface area (Å²) in [5.74, 6) is -0.481. The van der Waals surface area contributed by atoms with Crippen molar-refractivity contribution in [2.75, 3.05) is 0 Å². The number of hydrogen-bond donors (Lipinski definition) is 0. The predicted octanol–water partition coefficient (Wildman–Crippen LogP) is 2.75. The van der Waals surface area contributed by atoms with Crippen LogP contribution in [0.3, 0.4) is 0 Å². The summed E-state index contributed by atoms with van der Waals surface area (Å²) in [6.45, 7) is 0.0670. The van der Waals surface area contributed by atoms with Gasteiger partial charge in [-0.05, 0) is 41.5 Å². The van der Waals surface area contributed by atoms with Crippen molar-refractivity contribution in [3.63, 3.8) is 0 Å². The smallest absolute Gasteiger partial charge is 0.331 e. The first-order valence-corrected chi connectivity index (χ1v) is 6.13. The molecule has 6 heteroatoms. The number of hydrogen-bond acceptors (Lipinski definition) is 5. The number of aromatic nitrogens is 1. The van der Waals surface area contributed by atoms with Crippen molar-refractivity contribution in [3.8, 4) is 0 Å². The third-order valence-electron chi connectivity index (χ3n) is 2.65. The van der Waals surface area contributed by atoms with E-state index in [0.29, 0.717) is 5.56 Å². The van der Waals surface area contributed by atoms with Crippen LogP contribution in [0.25, 0.3) is 6.08 Å². The van der Waals surface area contributed by atoms with Crippen LogP contribution in [0.4, 0.5) is 5.69 Å². The van der Waals surface area contributed by atoms with E-state index < -0.39 is 10.9 Å². The maximum Gasteiger partial charge on any atom is 0.331 e. The molecule has 6 nitrogen and oxygen atoms in total. The fourth-order valence-corrected chi connectivity index (χ4v) is 1.56. The highest BCUT2D eigenvalue weighted by Gasteiger charge is 2.05. The zero-order chi connectivity index (χ0) is 15.1. The fourth-order valence-electron chi connectivity index (χ4n) is 1.56. The molecule has 0 aliphatic carbocycles. The zero-order valence-electron chi connectivity index (χ0n) is 11.0. The van der Waals surface area contributed by atoms with E-state index in [9.17, 15) is 14.9 Å². The Balaban J connectivity index is 1.86. The molecule has 0 N–H and O–H groups in total. The van der Waals surface area contributed by atoms with Crippen LogP contribution in [-0.4, -0.2) is 15.9 Å². The Bertz CT molecular complexity index is 651. The normalized spacial score (nSPS) is 10.5. The standard InChI is InChI=1S/C15H12N2O4/c18-15(6-3-12-7-9-16-10-8-12)21-11-13-1-4-14(5-2-13)17(19)20/h1-10H,11H2. The van der Waals surface area contributed by atoms with Crippen LogP contribution in [0, 0.1) is 10.1 Å². The van der Waals surface area contributed by atoms with Crippen LogP contribution in [-0.2, 0) is 16.1 Å². The average molecular weight is 284 g/mol. The molecule has 106 valence electrons. The number of ether oxygens (including phenoxy) is 1. The van der Waals surface area contributed by atoms with E-state index in [2.05, 4.69) is 4.98 Å². The molecule has 0 aliphatic heterocycles. The second kappa shape index (κ2) is 6.95. The van der Waals surface area contributed by atoms with Gasteiger partial charge in [0, 0.05) is 30.6 Å². The van der Waals surface area contributed by atoms with Gasteiger partial charge in [0.1, 0.15) is 6.61 Å². The van der Waals surface area contributed by atoms with Crippen LogP contribution in [0.2, 0.25) is 0 Å². The van der Waals surface area contributed by atoms with Gasteiger partial charge < -0.3 is 4.74 Å². The third kappa shape index (κ3) is 4.54. The summed E-state index contributed by atoms with van der Waals surface area (Å²) in [7, 11) is 0. The quantitative estimate of drug-likeness (QED) is 0.365. The lowest BCUT2D eigenvalue weighted by molar-refractivity contribution is -0.384. The van der Waals surface area contributed by atoms with Crippen LogP contribution in [0.5, 0.6) is 0 Å². The molecule has 0 atom stereocenters. The Kier molecular flexibility index (Phi) is 4.76. The topological polar surface area (TPSA) is 82.3 Å². The van der Waals surface area contributed by atoms with E-state index in [4.69, 9.17) is 4.74 Å². The number of pyridine rings is 1. The van der Waals surface area contributed by atoms with E-state index in [1.165, 1.54) is 18.2 Å². The molecular formula is C15H12N2O4. The number of carbonyl (C=O) groups is 1. The van der Waals surface area contributed by atoms with Crippen molar-refractivity contribution in [1.29, 1.82) is 0 Å². The number of non-ortho nitro benzene ring substituents is 1. The summed E-state index contributed by atoms with van der Waals surface area (Å²) in [5.41, 5.74) is 1.53. The molecule has 0 unspecified atom stereocenters. The van der Waals surface area contributed by atoms with Crippen LogP contribution in [0.1, 0.15) is 11.1 Å². The molecule has 0 aliphatic rings. The number of benzene rings is 1. The number of carbonyl (C=O) groups excluding carboxylic acids is 1. The van der Waals surface area contributed by atoms with E-state index in [-0.39, 0.29) is 12.3 Å². The molecule has 1 heterocycles. The van der Waals surface area contributed by atoms with Gasteiger partial charge in [0.25, 0.3) is 5.69 Å². The first-order chi connectivity index (χ1) is 10.1. The maximum atomic E-state index is 11.5. The van der Waals surface area contributed by atoms with E-state index in [1.54, 1.807) is 42.7 Å². The lowest BCUT2D eigenvalue weighted by Crippen LogP contribution is -2.00. The molecule has 0 amide bonds. The highest BCUT2D eigenvalue weighted by molar-refractivity contribution is 5.86. The number of rotatable bonds is 5. The van der Waals surface area contributed by atoms with Gasteiger partial charge in [-0.15, -0.1) is 0 Å². The Morgan fingerprint density at radius 3 is 2.48 bits per heavy atom. The van der Waals surface area contributed by atoms with Crippen LogP contribution < -0.4 is 0 Å². The Morgan fingerprint density at radius 2 is 1.86 bits per heavy atom. The number of esters is 1. The zero-order valence-corrected chi connectivity index (χ0v) is 11.0. The summed E-state index contributed by atoms with van der Waals surface area (Å²) in [4.78, 5) is 25.4. The number of nitro groups is 1. The second-order valence-electron chi connectivity index (χ2n) is 4.15. The van der Waals surface area contributed by atoms with Gasteiger partial charge in [-0.25, -0.2) is 4.79 Å². The van der Waals surface area contributed by atoms with Gasteiger partial charge >= 0.3 is 5.97 Å². The van der Waals surface area contributed by atoms with Crippen molar-refractivity contribution >= 4 is 17.7 Å². The maximum absolute atomic E-state index is 11.5. The molecule has 1 aromatic carbocycles. The third-order valence-corrected chi connectivity index (χ3v) is 2.65. The Hall–Kier alpha value is -3.02. The average Bonchev–Trinajstić information content (AvgIpc) is 2.52. The molecule has 0 saturated heterocycles. The van der Waals surface area contributed by atoms with Crippen molar-refractivity contribution in [2.24, 2.45) is 0 Å². The molecule has 21 heavy (non-hydrogen) atoms. The summed E-state index contributed by atoms with van der Waals surface area (Å²) in [6, 6.07) is 9.38. The summed E-state index contributed by atoms with van der Waals surface area (Å²) in [6.07, 6.45) is 6.20. The van der Waals surface area contributed by atoms with Crippen molar-refractivity contribution in [2.45, 2.75) is 6.61 Å². The molecule has 0 bridgehead atoms. The number of nitrogens with zero attached hydrogens (tertiary/aromatic N) is 2. The van der Waals surface area contributed by atoms with Crippen LogP contribution in [0.15, 0.2) is 54.9 Å². The van der Waals surface area contributed by atoms with Crippen molar-refractivity contribution in [3.05, 3.63) is 76.1 Å². The van der Waals surface area contributed by atoms with Crippen molar-refractivity contribution in [1.82, 2.24) is 4.98 Å². The molecule has 1 aromatic heterocycles. The van der Waals surface area contributed by atoms with Gasteiger partial charge in [0.2, 0.25) is 0 Å². The predicted molar refractivity (Wildman–Crippen MR) is 76.2 cm³/mol. The monoisotopic (exact) mass is 284 g/mol. The molecule has 0 spiro atoms. The lowest BCUT2D eigenvalue weighted by Gasteiger charge is -2.02. The van der Waals surface area contributed by atoms with Gasteiger partial charge in [-0.2, -0.15) is 0 Å². The van der Waals surface area contributed by atoms with Crippen molar-refractivity contribution < 1.29 is 14.5 Å². The first kappa shape index (κ1) is 14.4. The molecule has 2 aromatic rings. The fraction of sp³-hybridized carbons (Fsp3) is 0.0667. The largest absolute Gasteiger partial charge is 0.458 e. The van der Waals surface area contributed by atoms with Crippen LogP contribution >= 0.6 is 0 Å². The minimum Gasteiger partial charge on any atom is -0.458 e.